The van der Waals surface area contributed by atoms with Gasteiger partial charge in [0.1, 0.15) is 5.82 Å². The lowest BCUT2D eigenvalue weighted by Crippen LogP contribution is -2.37. The molecule has 19 heavy (non-hydrogen) atoms. The number of ether oxygens (including phenoxy) is 1. The molecule has 1 fully saturated rings. The highest BCUT2D eigenvalue weighted by Gasteiger charge is 2.19. The normalized spacial score (nSPS) is 16.6. The Kier molecular flexibility index (Phi) is 5.35. The minimum Gasteiger partial charge on any atom is -0.383 e. The molecule has 6 heteroatoms. The summed E-state index contributed by atoms with van der Waals surface area (Å²) in [4.78, 5) is 11.1. The minimum atomic E-state index is 0.652. The van der Waals surface area contributed by atoms with Crippen LogP contribution in [0.4, 0.5) is 11.8 Å². The first-order chi connectivity index (χ1) is 9.33. The lowest BCUT2D eigenvalue weighted by molar-refractivity contribution is 0.210. The van der Waals surface area contributed by atoms with Crippen LogP contribution in [-0.2, 0) is 4.74 Å². The third-order valence-corrected chi connectivity index (χ3v) is 3.49. The molecule has 0 aromatic carbocycles. The van der Waals surface area contributed by atoms with E-state index in [4.69, 9.17) is 10.5 Å². The van der Waals surface area contributed by atoms with E-state index in [9.17, 15) is 0 Å². The summed E-state index contributed by atoms with van der Waals surface area (Å²) in [5.74, 6) is 2.31. The summed E-state index contributed by atoms with van der Waals surface area (Å²) in [6.07, 6.45) is 4.05. The predicted molar refractivity (Wildman–Crippen MR) is 76.4 cm³/mol. The van der Waals surface area contributed by atoms with E-state index in [0.717, 1.165) is 50.8 Å². The van der Waals surface area contributed by atoms with Crippen LogP contribution >= 0.6 is 0 Å². The largest absolute Gasteiger partial charge is 0.383 e. The van der Waals surface area contributed by atoms with Crippen molar-refractivity contribution in [1.82, 2.24) is 9.97 Å². The number of aromatic nitrogens is 2. The van der Waals surface area contributed by atoms with Gasteiger partial charge in [-0.3, -0.25) is 0 Å². The molecule has 0 radical (unpaired) electrons. The SMILES string of the molecule is COCCNc1ccnc(N2CCC(CN)CC2)n1. The van der Waals surface area contributed by atoms with Crippen LogP contribution in [0.1, 0.15) is 12.8 Å². The highest BCUT2D eigenvalue weighted by atomic mass is 16.5. The third-order valence-electron chi connectivity index (χ3n) is 3.49. The zero-order chi connectivity index (χ0) is 13.5. The van der Waals surface area contributed by atoms with E-state index in [1.807, 2.05) is 6.07 Å². The van der Waals surface area contributed by atoms with Gasteiger partial charge in [-0.15, -0.1) is 0 Å². The van der Waals surface area contributed by atoms with Crippen LogP contribution in [0.25, 0.3) is 0 Å². The lowest BCUT2D eigenvalue weighted by atomic mass is 9.97. The van der Waals surface area contributed by atoms with Gasteiger partial charge < -0.3 is 20.7 Å². The third kappa shape index (κ3) is 4.04. The molecule has 0 spiro atoms. The van der Waals surface area contributed by atoms with Gasteiger partial charge in [-0.1, -0.05) is 0 Å². The van der Waals surface area contributed by atoms with Crippen LogP contribution in [0.5, 0.6) is 0 Å². The van der Waals surface area contributed by atoms with Gasteiger partial charge in [-0.2, -0.15) is 4.98 Å². The first-order valence-corrected chi connectivity index (χ1v) is 6.84. The van der Waals surface area contributed by atoms with Gasteiger partial charge in [-0.05, 0) is 31.4 Å². The maximum atomic E-state index is 5.71. The van der Waals surface area contributed by atoms with Crippen molar-refractivity contribution in [3.05, 3.63) is 12.3 Å². The molecule has 2 rings (SSSR count). The van der Waals surface area contributed by atoms with Crippen molar-refractivity contribution in [2.24, 2.45) is 11.7 Å². The maximum Gasteiger partial charge on any atom is 0.227 e. The fourth-order valence-electron chi connectivity index (χ4n) is 2.25. The number of nitrogens with zero attached hydrogens (tertiary/aromatic N) is 3. The zero-order valence-electron chi connectivity index (χ0n) is 11.5. The number of methoxy groups -OCH3 is 1. The number of anilines is 2. The van der Waals surface area contributed by atoms with Crippen LogP contribution < -0.4 is 16.0 Å². The summed E-state index contributed by atoms with van der Waals surface area (Å²) in [5.41, 5.74) is 5.71. The Morgan fingerprint density at radius 2 is 2.26 bits per heavy atom. The topological polar surface area (TPSA) is 76.3 Å². The smallest absolute Gasteiger partial charge is 0.227 e. The number of nitrogens with two attached hydrogens (primary N) is 1. The van der Waals surface area contributed by atoms with Crippen molar-refractivity contribution in [3.63, 3.8) is 0 Å². The molecule has 2 heterocycles. The van der Waals surface area contributed by atoms with Gasteiger partial charge >= 0.3 is 0 Å². The highest BCUT2D eigenvalue weighted by molar-refractivity contribution is 5.41. The molecule has 0 saturated carbocycles. The Morgan fingerprint density at radius 3 is 2.95 bits per heavy atom. The molecule has 1 aliphatic rings. The molecule has 0 amide bonds. The van der Waals surface area contributed by atoms with Crippen molar-refractivity contribution in [2.45, 2.75) is 12.8 Å². The van der Waals surface area contributed by atoms with E-state index in [1.165, 1.54) is 0 Å². The molecule has 1 saturated heterocycles. The number of hydrogen-bond donors (Lipinski definition) is 2. The van der Waals surface area contributed by atoms with Crippen molar-refractivity contribution < 1.29 is 4.74 Å². The van der Waals surface area contributed by atoms with Gasteiger partial charge in [0.05, 0.1) is 6.61 Å². The monoisotopic (exact) mass is 265 g/mol. The van der Waals surface area contributed by atoms with E-state index in [0.29, 0.717) is 12.5 Å². The summed E-state index contributed by atoms with van der Waals surface area (Å²) in [7, 11) is 1.69. The average Bonchev–Trinajstić information content (AvgIpc) is 2.48. The summed E-state index contributed by atoms with van der Waals surface area (Å²) in [6.45, 7) is 4.18. The van der Waals surface area contributed by atoms with E-state index >= 15 is 0 Å². The highest BCUT2D eigenvalue weighted by Crippen LogP contribution is 2.20. The Morgan fingerprint density at radius 1 is 1.47 bits per heavy atom. The quantitative estimate of drug-likeness (QED) is 0.738. The van der Waals surface area contributed by atoms with Crippen molar-refractivity contribution in [1.29, 1.82) is 0 Å². The second-order valence-electron chi connectivity index (χ2n) is 4.83. The fourth-order valence-corrected chi connectivity index (χ4v) is 2.25. The second-order valence-corrected chi connectivity index (χ2v) is 4.83. The second kappa shape index (κ2) is 7.25. The van der Waals surface area contributed by atoms with Crippen LogP contribution in [0.3, 0.4) is 0 Å². The van der Waals surface area contributed by atoms with Crippen molar-refractivity contribution in [3.8, 4) is 0 Å². The molecule has 106 valence electrons. The lowest BCUT2D eigenvalue weighted by Gasteiger charge is -2.31. The van der Waals surface area contributed by atoms with Crippen molar-refractivity contribution in [2.75, 3.05) is 50.1 Å². The first kappa shape index (κ1) is 14.0. The van der Waals surface area contributed by atoms with E-state index in [1.54, 1.807) is 13.3 Å². The molecule has 0 atom stereocenters. The van der Waals surface area contributed by atoms with Gasteiger partial charge in [0.15, 0.2) is 0 Å². The van der Waals surface area contributed by atoms with Gasteiger partial charge in [0.25, 0.3) is 0 Å². The molecule has 1 aromatic rings. The molecule has 0 aliphatic carbocycles. The Bertz CT molecular complexity index is 379. The molecule has 0 unspecified atom stereocenters. The Labute approximate surface area is 114 Å². The molecule has 1 aromatic heterocycles. The first-order valence-electron chi connectivity index (χ1n) is 6.84. The van der Waals surface area contributed by atoms with E-state index in [2.05, 4.69) is 20.2 Å². The summed E-state index contributed by atoms with van der Waals surface area (Å²) >= 11 is 0. The summed E-state index contributed by atoms with van der Waals surface area (Å²) in [5, 5.41) is 3.22. The molecular formula is C13H23N5O. The van der Waals surface area contributed by atoms with Gasteiger partial charge in [0, 0.05) is 32.9 Å². The molecule has 3 N–H and O–H groups in total. The Hall–Kier alpha value is -1.40. The number of nitrogens with one attached hydrogen (secondary N) is 1. The summed E-state index contributed by atoms with van der Waals surface area (Å²) < 4.78 is 5.01. The van der Waals surface area contributed by atoms with E-state index in [-0.39, 0.29) is 0 Å². The molecule has 0 bridgehead atoms. The number of piperidine rings is 1. The van der Waals surface area contributed by atoms with Crippen LogP contribution in [0.2, 0.25) is 0 Å². The molecule has 1 aliphatic heterocycles. The van der Waals surface area contributed by atoms with Gasteiger partial charge in [-0.25, -0.2) is 4.98 Å². The van der Waals surface area contributed by atoms with Gasteiger partial charge in [0.2, 0.25) is 5.95 Å². The number of rotatable bonds is 6. The fraction of sp³-hybridized carbons (Fsp3) is 0.692. The maximum absolute atomic E-state index is 5.71. The molecule has 6 nitrogen and oxygen atoms in total. The Balaban J connectivity index is 1.91. The predicted octanol–water partition coefficient (Wildman–Crippen LogP) is 0.710. The van der Waals surface area contributed by atoms with Crippen LogP contribution in [0, 0.1) is 5.92 Å². The standard InChI is InChI=1S/C13H23N5O/c1-19-9-6-15-12-2-5-16-13(17-12)18-7-3-11(10-14)4-8-18/h2,5,11H,3-4,6-10,14H2,1H3,(H,15,16,17). The molecular weight excluding hydrogens is 242 g/mol. The van der Waals surface area contributed by atoms with Crippen LogP contribution in [-0.4, -0.2) is 49.9 Å². The van der Waals surface area contributed by atoms with Crippen LogP contribution in [0.15, 0.2) is 12.3 Å². The van der Waals surface area contributed by atoms with Crippen molar-refractivity contribution >= 4 is 11.8 Å². The zero-order valence-corrected chi connectivity index (χ0v) is 11.5. The van der Waals surface area contributed by atoms with E-state index < -0.39 is 0 Å². The minimum absolute atomic E-state index is 0.652. The average molecular weight is 265 g/mol. The number of hydrogen-bond acceptors (Lipinski definition) is 6. The summed E-state index contributed by atoms with van der Waals surface area (Å²) in [6, 6.07) is 1.88.